The molecule has 0 radical (unpaired) electrons. The van der Waals surface area contributed by atoms with Crippen LogP contribution in [-0.4, -0.2) is 6.54 Å². The van der Waals surface area contributed by atoms with Crippen molar-refractivity contribution in [3.05, 3.63) is 0 Å². The van der Waals surface area contributed by atoms with Crippen LogP contribution >= 0.6 is 0 Å². The van der Waals surface area contributed by atoms with Crippen molar-refractivity contribution in [1.29, 1.82) is 0 Å². The van der Waals surface area contributed by atoms with E-state index in [-0.39, 0.29) is 0 Å². The summed E-state index contributed by atoms with van der Waals surface area (Å²) in [5, 5.41) is 0. The van der Waals surface area contributed by atoms with Crippen LogP contribution in [0.25, 0.3) is 0 Å². The summed E-state index contributed by atoms with van der Waals surface area (Å²) in [4.78, 5) is 0. The van der Waals surface area contributed by atoms with E-state index in [0.717, 1.165) is 6.54 Å². The highest BCUT2D eigenvalue weighted by molar-refractivity contribution is 4.49. The fourth-order valence-corrected chi connectivity index (χ4v) is 2.69. The van der Waals surface area contributed by atoms with E-state index in [0.29, 0.717) is 0 Å². The average Bonchev–Trinajstić information content (AvgIpc) is 2.43. The summed E-state index contributed by atoms with van der Waals surface area (Å²) < 4.78 is 0. The van der Waals surface area contributed by atoms with Gasteiger partial charge in [-0.1, -0.05) is 103 Å². The van der Waals surface area contributed by atoms with E-state index in [4.69, 9.17) is 5.73 Å². The molecule has 19 heavy (non-hydrogen) atoms. The molecular weight excluding hydrogens is 231 g/mol. The highest BCUT2D eigenvalue weighted by atomic mass is 15.3. The van der Waals surface area contributed by atoms with Crippen molar-refractivity contribution in [1.82, 2.24) is 0 Å². The first-order valence-corrected chi connectivity index (χ1v) is 9.12. The van der Waals surface area contributed by atoms with Crippen molar-refractivity contribution < 1.29 is 0 Å². The van der Waals surface area contributed by atoms with Crippen LogP contribution in [-0.2, 0) is 0 Å². The first-order valence-electron chi connectivity index (χ1n) is 9.12. The van der Waals surface area contributed by atoms with Gasteiger partial charge in [0.15, 0.2) is 0 Å². The quantitative estimate of drug-likeness (QED) is 0.262. The molecule has 0 aromatic carbocycles. The number of nitrogens with two attached hydrogens (primary N) is 1. The summed E-state index contributed by atoms with van der Waals surface area (Å²) in [5.74, 6) is 0. The molecule has 0 aliphatic carbocycles. The Bertz CT molecular complexity index is 129. The third kappa shape index (κ3) is 18.0. The van der Waals surface area contributed by atoms with Crippen LogP contribution in [0.5, 0.6) is 0 Å². The molecule has 0 saturated heterocycles. The van der Waals surface area contributed by atoms with Crippen molar-refractivity contribution in [2.75, 3.05) is 6.54 Å². The van der Waals surface area contributed by atoms with Crippen LogP contribution in [0, 0.1) is 0 Å². The molecule has 1 heteroatoms. The summed E-state index contributed by atoms with van der Waals surface area (Å²) in [6, 6.07) is 0. The molecule has 1 nitrogen and oxygen atoms in total. The van der Waals surface area contributed by atoms with Crippen LogP contribution in [0.3, 0.4) is 0 Å². The van der Waals surface area contributed by atoms with Gasteiger partial charge in [0.1, 0.15) is 0 Å². The molecule has 0 aromatic heterocycles. The maximum absolute atomic E-state index is 5.48. The van der Waals surface area contributed by atoms with Gasteiger partial charge in [0.05, 0.1) is 0 Å². The summed E-state index contributed by atoms with van der Waals surface area (Å²) in [5.41, 5.74) is 5.48. The standard InChI is InChI=1S/C18H39N/c1-2-3-4-5-6-7-8-9-10-11-12-13-14-15-16-17-18-19/h2-19H2,1H3/i19+1. The van der Waals surface area contributed by atoms with E-state index in [1.54, 1.807) is 0 Å². The Balaban J connectivity index is 2.88. The van der Waals surface area contributed by atoms with Gasteiger partial charge in [-0.3, -0.25) is 0 Å². The Morgan fingerprint density at radius 2 is 0.684 bits per heavy atom. The summed E-state index contributed by atoms with van der Waals surface area (Å²) >= 11 is 0. The lowest BCUT2D eigenvalue weighted by Crippen LogP contribution is -1.97. The molecule has 0 aromatic rings. The van der Waals surface area contributed by atoms with E-state index in [1.165, 1.54) is 103 Å². The lowest BCUT2D eigenvalue weighted by molar-refractivity contribution is 0.530. The monoisotopic (exact) mass is 270 g/mol. The van der Waals surface area contributed by atoms with Gasteiger partial charge in [-0.15, -0.1) is 0 Å². The van der Waals surface area contributed by atoms with Crippen LogP contribution in [0.4, 0.5) is 0 Å². The highest BCUT2D eigenvalue weighted by Crippen LogP contribution is 2.13. The minimum Gasteiger partial charge on any atom is -0.330 e. The molecule has 2 N–H and O–H groups in total. The van der Waals surface area contributed by atoms with Crippen molar-refractivity contribution in [2.24, 2.45) is 5.73 Å². The minimum atomic E-state index is 0.873. The first-order chi connectivity index (χ1) is 9.41. The maximum atomic E-state index is 5.48. The van der Waals surface area contributed by atoms with Gasteiger partial charge in [-0.2, -0.15) is 0 Å². The zero-order chi connectivity index (χ0) is 14.0. The van der Waals surface area contributed by atoms with E-state index in [1.807, 2.05) is 0 Å². The fraction of sp³-hybridized carbons (Fsp3) is 1.00. The molecule has 0 rings (SSSR count). The molecule has 0 atom stereocenters. The van der Waals surface area contributed by atoms with Crippen molar-refractivity contribution >= 4 is 0 Å². The predicted octanol–water partition coefficient (Wildman–Crippen LogP) is 6.21. The van der Waals surface area contributed by atoms with Gasteiger partial charge in [0.25, 0.3) is 0 Å². The SMILES string of the molecule is CCCCCCCCCCCCCCCCCC[15NH2]. The second-order valence-corrected chi connectivity index (χ2v) is 6.09. The zero-order valence-corrected chi connectivity index (χ0v) is 13.6. The second-order valence-electron chi connectivity index (χ2n) is 6.09. The topological polar surface area (TPSA) is 26.0 Å². The number of hydrogen-bond donors (Lipinski definition) is 1. The Morgan fingerprint density at radius 3 is 0.947 bits per heavy atom. The molecule has 0 unspecified atom stereocenters. The molecule has 0 spiro atoms. The van der Waals surface area contributed by atoms with E-state index >= 15 is 0 Å². The zero-order valence-electron chi connectivity index (χ0n) is 13.6. The normalized spacial score (nSPS) is 11.1. The lowest BCUT2D eigenvalue weighted by atomic mass is 10.0. The van der Waals surface area contributed by atoms with E-state index < -0.39 is 0 Å². The molecule has 0 aliphatic rings. The minimum absolute atomic E-state index is 0.873. The van der Waals surface area contributed by atoms with Gasteiger partial charge in [-0.25, -0.2) is 0 Å². The molecule has 0 bridgehead atoms. The third-order valence-corrected chi connectivity index (χ3v) is 4.06. The Hall–Kier alpha value is -0.0400. The molecular formula is C18H39N. The third-order valence-electron chi connectivity index (χ3n) is 4.06. The fourth-order valence-electron chi connectivity index (χ4n) is 2.69. The van der Waals surface area contributed by atoms with Gasteiger partial charge in [-0.05, 0) is 13.0 Å². The van der Waals surface area contributed by atoms with Crippen LogP contribution < -0.4 is 5.73 Å². The van der Waals surface area contributed by atoms with E-state index in [9.17, 15) is 0 Å². The molecule has 0 saturated carbocycles. The molecule has 116 valence electrons. The summed E-state index contributed by atoms with van der Waals surface area (Å²) in [6.07, 6.45) is 22.9. The van der Waals surface area contributed by atoms with Crippen molar-refractivity contribution in [2.45, 2.75) is 110 Å². The number of unbranched alkanes of at least 4 members (excludes halogenated alkanes) is 15. The smallest absolute Gasteiger partial charge is 0.00773 e. The van der Waals surface area contributed by atoms with Crippen LogP contribution in [0.15, 0.2) is 0 Å². The van der Waals surface area contributed by atoms with Gasteiger partial charge in [0.2, 0.25) is 0 Å². The Morgan fingerprint density at radius 1 is 0.421 bits per heavy atom. The average molecular weight is 271 g/mol. The second kappa shape index (κ2) is 18.0. The lowest BCUT2D eigenvalue weighted by Gasteiger charge is -2.03. The summed E-state index contributed by atoms with van der Waals surface area (Å²) in [6.45, 7) is 3.16. The van der Waals surface area contributed by atoms with Crippen molar-refractivity contribution in [3.63, 3.8) is 0 Å². The highest BCUT2D eigenvalue weighted by Gasteiger charge is 1.94. The molecule has 0 fully saturated rings. The van der Waals surface area contributed by atoms with Gasteiger partial charge < -0.3 is 5.73 Å². The summed E-state index contributed by atoms with van der Waals surface area (Å²) in [7, 11) is 0. The Kier molecular flexibility index (Phi) is 17.9. The Labute approximate surface area is 122 Å². The van der Waals surface area contributed by atoms with Gasteiger partial charge in [0, 0.05) is 0 Å². The van der Waals surface area contributed by atoms with Crippen molar-refractivity contribution in [3.8, 4) is 0 Å². The predicted molar refractivity (Wildman–Crippen MR) is 88.6 cm³/mol. The maximum Gasteiger partial charge on any atom is -0.00773 e. The van der Waals surface area contributed by atoms with E-state index in [2.05, 4.69) is 6.92 Å². The molecule has 0 heterocycles. The largest absolute Gasteiger partial charge is 0.330 e. The van der Waals surface area contributed by atoms with Gasteiger partial charge >= 0.3 is 0 Å². The first kappa shape index (κ1) is 19.0. The number of rotatable bonds is 16. The van der Waals surface area contributed by atoms with Crippen LogP contribution in [0.2, 0.25) is 0 Å². The number of hydrogen-bond acceptors (Lipinski definition) is 1. The molecule has 0 amide bonds. The molecule has 0 aliphatic heterocycles. The van der Waals surface area contributed by atoms with Crippen LogP contribution in [0.1, 0.15) is 110 Å².